The normalized spacial score (nSPS) is 17.4. The molecule has 2 rings (SSSR count). The highest BCUT2D eigenvalue weighted by molar-refractivity contribution is 7.13. The van der Waals surface area contributed by atoms with Gasteiger partial charge in [-0.15, -0.1) is 11.3 Å². The van der Waals surface area contributed by atoms with Gasteiger partial charge in [0.15, 0.2) is 0 Å². The van der Waals surface area contributed by atoms with Gasteiger partial charge in [0.2, 0.25) is 0 Å². The molecule has 1 aliphatic heterocycles. The Morgan fingerprint density at radius 3 is 2.46 bits per heavy atom. The number of ether oxygens (including phenoxy) is 1. The zero-order chi connectivity index (χ0) is 17.9. The number of hydrogen-bond donors (Lipinski definition) is 1. The number of rotatable bonds is 2. The second-order valence-electron chi connectivity index (χ2n) is 6.85. The highest BCUT2D eigenvalue weighted by Crippen LogP contribution is 2.21. The van der Waals surface area contributed by atoms with Gasteiger partial charge in [0.05, 0.1) is 6.20 Å². The SMILES string of the molecule is C[C@H](O)c1ncc(C(=O)N2CCCN(C(=O)OC(C)(C)C)CC2)s1. The Morgan fingerprint density at radius 2 is 1.88 bits per heavy atom. The van der Waals surface area contributed by atoms with E-state index in [0.29, 0.717) is 42.5 Å². The molecule has 1 N–H and O–H groups in total. The van der Waals surface area contributed by atoms with Crippen LogP contribution in [-0.2, 0) is 4.74 Å². The molecule has 0 aromatic carbocycles. The molecular weight excluding hydrogens is 330 g/mol. The Labute approximate surface area is 146 Å². The van der Waals surface area contributed by atoms with Gasteiger partial charge in [-0.1, -0.05) is 0 Å². The zero-order valence-electron chi connectivity index (χ0n) is 14.6. The summed E-state index contributed by atoms with van der Waals surface area (Å²) in [7, 11) is 0. The number of hydrogen-bond acceptors (Lipinski definition) is 6. The van der Waals surface area contributed by atoms with Crippen LogP contribution in [0.4, 0.5) is 4.79 Å². The van der Waals surface area contributed by atoms with E-state index < -0.39 is 11.7 Å². The smallest absolute Gasteiger partial charge is 0.410 e. The van der Waals surface area contributed by atoms with Crippen molar-refractivity contribution in [2.75, 3.05) is 26.2 Å². The highest BCUT2D eigenvalue weighted by Gasteiger charge is 2.27. The van der Waals surface area contributed by atoms with E-state index in [-0.39, 0.29) is 12.0 Å². The molecule has 0 radical (unpaired) electrons. The molecule has 1 atom stereocenters. The van der Waals surface area contributed by atoms with E-state index in [2.05, 4.69) is 4.98 Å². The molecular formula is C16H25N3O4S. The third-order valence-corrected chi connectivity index (χ3v) is 4.68. The van der Waals surface area contributed by atoms with Crippen molar-refractivity contribution in [3.05, 3.63) is 16.1 Å². The van der Waals surface area contributed by atoms with Crippen molar-refractivity contribution in [2.45, 2.75) is 45.8 Å². The van der Waals surface area contributed by atoms with E-state index in [1.807, 2.05) is 20.8 Å². The van der Waals surface area contributed by atoms with E-state index in [0.717, 1.165) is 0 Å². The quantitative estimate of drug-likeness (QED) is 0.880. The first kappa shape index (κ1) is 18.7. The van der Waals surface area contributed by atoms with Crippen molar-refractivity contribution in [3.8, 4) is 0 Å². The second kappa shape index (κ2) is 7.48. The topological polar surface area (TPSA) is 83.0 Å². The molecule has 2 amide bonds. The summed E-state index contributed by atoms with van der Waals surface area (Å²) >= 11 is 1.21. The lowest BCUT2D eigenvalue weighted by molar-refractivity contribution is 0.0255. The second-order valence-corrected chi connectivity index (χ2v) is 7.91. The molecule has 134 valence electrons. The molecule has 0 bridgehead atoms. The zero-order valence-corrected chi connectivity index (χ0v) is 15.4. The minimum Gasteiger partial charge on any atom is -0.444 e. The summed E-state index contributed by atoms with van der Waals surface area (Å²) in [5, 5.41) is 10.1. The highest BCUT2D eigenvalue weighted by atomic mass is 32.1. The maximum Gasteiger partial charge on any atom is 0.410 e. The van der Waals surface area contributed by atoms with Crippen LogP contribution in [0.1, 0.15) is 54.9 Å². The maximum atomic E-state index is 12.6. The first-order valence-electron chi connectivity index (χ1n) is 8.08. The van der Waals surface area contributed by atoms with Gasteiger partial charge in [0, 0.05) is 26.2 Å². The molecule has 1 aromatic rings. The van der Waals surface area contributed by atoms with Gasteiger partial charge in [-0.05, 0) is 34.1 Å². The molecule has 1 fully saturated rings. The summed E-state index contributed by atoms with van der Waals surface area (Å²) in [5.41, 5.74) is -0.529. The van der Waals surface area contributed by atoms with E-state index in [1.165, 1.54) is 17.5 Å². The van der Waals surface area contributed by atoms with Crippen LogP contribution < -0.4 is 0 Å². The fourth-order valence-corrected chi connectivity index (χ4v) is 3.19. The summed E-state index contributed by atoms with van der Waals surface area (Å²) in [6.07, 6.45) is 1.19. The van der Waals surface area contributed by atoms with Crippen LogP contribution in [-0.4, -0.2) is 63.7 Å². The summed E-state index contributed by atoms with van der Waals surface area (Å²) < 4.78 is 5.39. The lowest BCUT2D eigenvalue weighted by Gasteiger charge is -2.26. The Bertz CT molecular complexity index is 594. The number of aliphatic hydroxyl groups is 1. The monoisotopic (exact) mass is 355 g/mol. The fourth-order valence-electron chi connectivity index (χ4n) is 2.37. The predicted octanol–water partition coefficient (Wildman–Crippen LogP) is 2.28. The van der Waals surface area contributed by atoms with E-state index in [4.69, 9.17) is 4.74 Å². The number of aliphatic hydroxyl groups excluding tert-OH is 1. The molecule has 2 heterocycles. The molecule has 1 saturated heterocycles. The van der Waals surface area contributed by atoms with Gasteiger partial charge >= 0.3 is 6.09 Å². The van der Waals surface area contributed by atoms with E-state index >= 15 is 0 Å². The third kappa shape index (κ3) is 4.91. The number of aromatic nitrogens is 1. The molecule has 8 heteroatoms. The van der Waals surface area contributed by atoms with E-state index in [9.17, 15) is 14.7 Å². The van der Waals surface area contributed by atoms with Crippen LogP contribution in [0.5, 0.6) is 0 Å². The van der Waals surface area contributed by atoms with Crippen molar-refractivity contribution in [1.29, 1.82) is 0 Å². The minimum atomic E-state index is -0.677. The number of thiazole rings is 1. The number of carbonyl (C=O) groups excluding carboxylic acids is 2. The summed E-state index contributed by atoms with van der Waals surface area (Å²) in [6, 6.07) is 0. The Kier molecular flexibility index (Phi) is 5.82. The average Bonchev–Trinajstić information content (AvgIpc) is 2.83. The number of nitrogens with zero attached hydrogens (tertiary/aromatic N) is 3. The van der Waals surface area contributed by atoms with Crippen molar-refractivity contribution in [3.63, 3.8) is 0 Å². The predicted molar refractivity (Wildman–Crippen MR) is 91.1 cm³/mol. The first-order chi connectivity index (χ1) is 11.2. The lowest BCUT2D eigenvalue weighted by atomic mass is 10.2. The summed E-state index contributed by atoms with van der Waals surface area (Å²) in [6.45, 7) is 9.19. The molecule has 7 nitrogen and oxygen atoms in total. The average molecular weight is 355 g/mol. The Hall–Kier alpha value is -1.67. The van der Waals surface area contributed by atoms with Crippen LogP contribution in [0.25, 0.3) is 0 Å². The lowest BCUT2D eigenvalue weighted by Crippen LogP contribution is -2.40. The van der Waals surface area contributed by atoms with Gasteiger partial charge in [-0.25, -0.2) is 9.78 Å². The van der Waals surface area contributed by atoms with Crippen LogP contribution in [0.3, 0.4) is 0 Å². The minimum absolute atomic E-state index is 0.106. The van der Waals surface area contributed by atoms with Crippen molar-refractivity contribution in [1.82, 2.24) is 14.8 Å². The van der Waals surface area contributed by atoms with Crippen molar-refractivity contribution in [2.24, 2.45) is 0 Å². The van der Waals surface area contributed by atoms with Gasteiger partial charge in [0.25, 0.3) is 5.91 Å². The molecule has 1 aliphatic rings. The van der Waals surface area contributed by atoms with Crippen molar-refractivity contribution >= 4 is 23.3 Å². The Morgan fingerprint density at radius 1 is 1.25 bits per heavy atom. The van der Waals surface area contributed by atoms with Gasteiger partial charge in [-0.3, -0.25) is 4.79 Å². The molecule has 0 saturated carbocycles. The largest absolute Gasteiger partial charge is 0.444 e. The Balaban J connectivity index is 1.97. The van der Waals surface area contributed by atoms with Crippen LogP contribution in [0.15, 0.2) is 6.20 Å². The molecule has 0 unspecified atom stereocenters. The third-order valence-electron chi connectivity index (χ3n) is 3.53. The standard InChI is InChI=1S/C16H25N3O4S/c1-11(20)13-17-10-12(24-13)14(21)18-6-5-7-19(9-8-18)15(22)23-16(2,3)4/h10-11,20H,5-9H2,1-4H3/t11-/m0/s1. The number of carbonyl (C=O) groups is 2. The molecule has 0 aliphatic carbocycles. The van der Waals surface area contributed by atoms with E-state index in [1.54, 1.807) is 16.7 Å². The van der Waals surface area contributed by atoms with Crippen LogP contribution in [0.2, 0.25) is 0 Å². The van der Waals surface area contributed by atoms with Crippen LogP contribution in [0, 0.1) is 0 Å². The maximum absolute atomic E-state index is 12.6. The first-order valence-corrected chi connectivity index (χ1v) is 8.90. The molecule has 24 heavy (non-hydrogen) atoms. The van der Waals surface area contributed by atoms with Crippen molar-refractivity contribution < 1.29 is 19.4 Å². The fraction of sp³-hybridized carbons (Fsp3) is 0.688. The molecule has 1 aromatic heterocycles. The van der Waals surface area contributed by atoms with Gasteiger partial charge in [0.1, 0.15) is 21.6 Å². The molecule has 0 spiro atoms. The van der Waals surface area contributed by atoms with Crippen LogP contribution >= 0.6 is 11.3 Å². The summed E-state index contributed by atoms with van der Waals surface area (Å²) in [5.74, 6) is -0.106. The van der Waals surface area contributed by atoms with Gasteiger partial charge in [-0.2, -0.15) is 0 Å². The van der Waals surface area contributed by atoms with Gasteiger partial charge < -0.3 is 19.6 Å². The summed E-state index contributed by atoms with van der Waals surface area (Å²) in [4.78, 5) is 32.7. The number of amides is 2.